The van der Waals surface area contributed by atoms with Crippen LogP contribution in [0.3, 0.4) is 0 Å². The lowest BCUT2D eigenvalue weighted by atomic mass is 10.2. The Bertz CT molecular complexity index is 2150. The summed E-state index contributed by atoms with van der Waals surface area (Å²) < 4.78 is 6.52. The molecule has 0 spiro atoms. The fraction of sp³-hybridized carbons (Fsp3) is 0.286. The summed E-state index contributed by atoms with van der Waals surface area (Å²) in [6.07, 6.45) is 3.48. The van der Waals surface area contributed by atoms with Gasteiger partial charge in [-0.2, -0.15) is 0 Å². The van der Waals surface area contributed by atoms with E-state index in [4.69, 9.17) is 34.3 Å². The zero-order valence-electron chi connectivity index (χ0n) is 29.2. The van der Waals surface area contributed by atoms with E-state index in [-0.39, 0.29) is 42.0 Å². The van der Waals surface area contributed by atoms with Crippen molar-refractivity contribution in [2.75, 3.05) is 52.2 Å². The first-order valence-corrected chi connectivity index (χ1v) is 17.4. The predicted octanol–water partition coefficient (Wildman–Crippen LogP) is 4.29. The van der Waals surface area contributed by atoms with Crippen LogP contribution in [0, 0.1) is 5.41 Å². The molecule has 15 nitrogen and oxygen atoms in total. The predicted molar refractivity (Wildman–Crippen MR) is 206 cm³/mol. The molecule has 4 aromatic heterocycles. The zero-order valence-corrected chi connectivity index (χ0v) is 30.7. The Hall–Kier alpha value is -5.67. The van der Waals surface area contributed by atoms with Crippen LogP contribution in [0.5, 0.6) is 0 Å². The zero-order chi connectivity index (χ0) is 37.7. The number of aromatic nitrogens is 4. The number of nitrogens with one attached hydrogen (secondary N) is 5. The molecule has 17 heteroatoms. The molecule has 5 aromatic rings. The minimum absolute atomic E-state index is 0.0300. The molecular formula is C35H41Cl2N11O4. The highest BCUT2D eigenvalue weighted by Gasteiger charge is 2.21. The van der Waals surface area contributed by atoms with Crippen molar-refractivity contribution < 1.29 is 19.2 Å². The Morgan fingerprint density at radius 1 is 0.712 bits per heavy atom. The third-order valence-electron chi connectivity index (χ3n) is 8.60. The molecule has 0 aliphatic heterocycles. The fourth-order valence-electron chi connectivity index (χ4n) is 5.88. The molecule has 0 saturated carbocycles. The van der Waals surface area contributed by atoms with Gasteiger partial charge in [0.25, 0.3) is 23.6 Å². The van der Waals surface area contributed by atoms with E-state index in [2.05, 4.69) is 26.2 Å². The number of anilines is 4. The van der Waals surface area contributed by atoms with Crippen LogP contribution in [-0.2, 0) is 28.2 Å². The number of nitrogens with zero attached hydrogens (tertiary/aromatic N) is 5. The maximum absolute atomic E-state index is 13.4. The SMILES string of the molecule is Cn1cc(NC(=O)c2cc3cc(N(CCCl)CCCl)ccc3n2C)cc1C(=O)Nc1cc(C(=O)Nc2ccc(C(=O)NCCC(=N)N)n2C)n(C)c1. The van der Waals surface area contributed by atoms with E-state index in [0.29, 0.717) is 53.4 Å². The van der Waals surface area contributed by atoms with E-state index >= 15 is 0 Å². The summed E-state index contributed by atoms with van der Waals surface area (Å²) in [6, 6.07) is 14.1. The summed E-state index contributed by atoms with van der Waals surface area (Å²) in [5.74, 6) is -0.328. The number of amidine groups is 1. The van der Waals surface area contributed by atoms with Gasteiger partial charge in [-0.15, -0.1) is 23.2 Å². The normalized spacial score (nSPS) is 11.0. The lowest BCUT2D eigenvalue weighted by Gasteiger charge is -2.22. The third kappa shape index (κ3) is 8.27. The van der Waals surface area contributed by atoms with Gasteiger partial charge in [-0.05, 0) is 48.5 Å². The standard InChI is InChI=1S/C35H41Cl2N11O4/c1-44-20-23(42-35(52)29-16-21-15-24(5-6-25(21)46(29)3)48(13-10-36)14-11-37)17-27(44)33(50)41-22-18-28(45(2)19-22)34(51)43-31-8-7-26(47(31)4)32(49)40-12-9-30(38)39/h5-8,15-20H,9-14H2,1-4H3,(H3,38,39)(H,40,49)(H,41,50)(H,42,52)(H,43,51). The molecule has 4 amide bonds. The Kier molecular flexibility index (Phi) is 11.7. The van der Waals surface area contributed by atoms with Gasteiger partial charge in [0, 0.05) is 95.0 Å². The Labute approximate surface area is 310 Å². The number of amides is 4. The maximum atomic E-state index is 13.4. The largest absolute Gasteiger partial charge is 0.388 e. The van der Waals surface area contributed by atoms with Crippen LogP contribution in [0.2, 0.25) is 0 Å². The third-order valence-corrected chi connectivity index (χ3v) is 8.94. The van der Waals surface area contributed by atoms with E-state index in [1.54, 1.807) is 60.9 Å². The molecule has 0 radical (unpaired) electrons. The molecule has 0 atom stereocenters. The van der Waals surface area contributed by atoms with E-state index < -0.39 is 11.8 Å². The van der Waals surface area contributed by atoms with Gasteiger partial charge in [0.1, 0.15) is 28.6 Å². The number of benzene rings is 1. The summed E-state index contributed by atoms with van der Waals surface area (Å²) in [5.41, 5.74) is 9.30. The molecule has 0 fully saturated rings. The quantitative estimate of drug-likeness (QED) is 0.0526. The highest BCUT2D eigenvalue weighted by atomic mass is 35.5. The number of hydrogen-bond donors (Lipinski definition) is 6. The lowest BCUT2D eigenvalue weighted by Crippen LogP contribution is -2.29. The summed E-state index contributed by atoms with van der Waals surface area (Å²) in [5, 5.41) is 19.4. The van der Waals surface area contributed by atoms with E-state index in [1.807, 2.05) is 35.9 Å². The molecule has 52 heavy (non-hydrogen) atoms. The molecule has 274 valence electrons. The van der Waals surface area contributed by atoms with Gasteiger partial charge < -0.3 is 50.2 Å². The van der Waals surface area contributed by atoms with Crippen molar-refractivity contribution in [2.24, 2.45) is 33.9 Å². The molecule has 0 bridgehead atoms. The molecule has 0 aliphatic rings. The molecular weight excluding hydrogens is 709 g/mol. The summed E-state index contributed by atoms with van der Waals surface area (Å²) >= 11 is 12.0. The molecule has 0 saturated heterocycles. The first kappa shape index (κ1) is 37.6. The minimum atomic E-state index is -0.455. The number of hydrogen-bond acceptors (Lipinski definition) is 6. The smallest absolute Gasteiger partial charge is 0.273 e. The average Bonchev–Trinajstić information content (AvgIpc) is 3.85. The van der Waals surface area contributed by atoms with Gasteiger partial charge >= 0.3 is 0 Å². The van der Waals surface area contributed by atoms with Gasteiger partial charge in [-0.3, -0.25) is 24.6 Å². The molecule has 0 aliphatic carbocycles. The fourth-order valence-corrected chi connectivity index (χ4v) is 6.29. The number of carbonyl (C=O) groups excluding carboxylic acids is 4. The van der Waals surface area contributed by atoms with Gasteiger partial charge in [-0.25, -0.2) is 0 Å². The summed E-state index contributed by atoms with van der Waals surface area (Å²) in [6.45, 7) is 1.51. The molecule has 7 N–H and O–H groups in total. The van der Waals surface area contributed by atoms with Gasteiger partial charge in [-0.1, -0.05) is 0 Å². The minimum Gasteiger partial charge on any atom is -0.388 e. The van der Waals surface area contributed by atoms with Crippen LogP contribution in [0.1, 0.15) is 48.4 Å². The molecule has 4 heterocycles. The highest BCUT2D eigenvalue weighted by molar-refractivity contribution is 6.18. The van der Waals surface area contributed by atoms with Crippen LogP contribution in [0.15, 0.2) is 60.9 Å². The summed E-state index contributed by atoms with van der Waals surface area (Å²) in [7, 11) is 6.82. The van der Waals surface area contributed by atoms with Crippen molar-refractivity contribution >= 4 is 86.4 Å². The number of carbonyl (C=O) groups is 4. The van der Waals surface area contributed by atoms with Gasteiger partial charge in [0.2, 0.25) is 0 Å². The van der Waals surface area contributed by atoms with Crippen molar-refractivity contribution in [1.82, 2.24) is 23.6 Å². The van der Waals surface area contributed by atoms with Crippen LogP contribution in [0.4, 0.5) is 22.9 Å². The molecule has 1 aromatic carbocycles. The second-order valence-corrected chi connectivity index (χ2v) is 13.0. The monoisotopic (exact) mass is 749 g/mol. The lowest BCUT2D eigenvalue weighted by molar-refractivity contribution is 0.0943. The van der Waals surface area contributed by atoms with Crippen LogP contribution < -0.4 is 31.9 Å². The van der Waals surface area contributed by atoms with E-state index in [0.717, 1.165) is 16.6 Å². The number of rotatable bonds is 15. The Balaban J connectivity index is 1.23. The van der Waals surface area contributed by atoms with Crippen LogP contribution in [-0.4, -0.2) is 79.1 Å². The van der Waals surface area contributed by atoms with Crippen molar-refractivity contribution in [3.63, 3.8) is 0 Å². The van der Waals surface area contributed by atoms with Crippen molar-refractivity contribution in [3.05, 3.63) is 83.7 Å². The topological polar surface area (TPSA) is 189 Å². The Morgan fingerprint density at radius 3 is 1.87 bits per heavy atom. The van der Waals surface area contributed by atoms with E-state index in [9.17, 15) is 19.2 Å². The number of nitrogens with two attached hydrogens (primary N) is 1. The second kappa shape index (κ2) is 16.1. The van der Waals surface area contributed by atoms with Crippen LogP contribution in [0.25, 0.3) is 10.9 Å². The van der Waals surface area contributed by atoms with Crippen molar-refractivity contribution in [3.8, 4) is 0 Å². The van der Waals surface area contributed by atoms with Crippen molar-refractivity contribution in [1.29, 1.82) is 5.41 Å². The van der Waals surface area contributed by atoms with Crippen LogP contribution >= 0.6 is 23.2 Å². The Morgan fingerprint density at radius 2 is 1.29 bits per heavy atom. The second-order valence-electron chi connectivity index (χ2n) is 12.2. The summed E-state index contributed by atoms with van der Waals surface area (Å²) in [4.78, 5) is 54.5. The van der Waals surface area contributed by atoms with Gasteiger partial charge in [0.15, 0.2) is 0 Å². The molecule has 0 unspecified atom stereocenters. The first-order valence-electron chi connectivity index (χ1n) is 16.3. The maximum Gasteiger partial charge on any atom is 0.273 e. The first-order chi connectivity index (χ1) is 24.8. The molecule has 5 rings (SSSR count). The van der Waals surface area contributed by atoms with Gasteiger partial charge in [0.05, 0.1) is 17.2 Å². The van der Waals surface area contributed by atoms with E-state index in [1.165, 1.54) is 10.6 Å². The van der Waals surface area contributed by atoms with Crippen molar-refractivity contribution in [2.45, 2.75) is 6.42 Å². The number of halogens is 2. The average molecular weight is 751 g/mol. The number of alkyl halides is 2. The number of fused-ring (bicyclic) bond motifs is 1. The number of aryl methyl sites for hydroxylation is 3. The highest BCUT2D eigenvalue weighted by Crippen LogP contribution is 2.26.